The molecule has 0 bridgehead atoms. The van der Waals surface area contributed by atoms with Gasteiger partial charge in [-0.15, -0.1) is 0 Å². The maximum Gasteiger partial charge on any atom is 0.304 e. The van der Waals surface area contributed by atoms with E-state index < -0.39 is 23.7 Å². The Labute approximate surface area is 188 Å². The standard InChI is InChI=1S/C26H21F3O4/c27-17-8-14(9-18(28)11-17)7-15-1-5-22(29)26-21(15)4-6-23(26)33-19-2-3-20-16(10-25(30)31)13-32-24(20)12-19/h1-3,5,8-9,11-12,16,23H,4,6-7,10,13H2,(H,30,31)/t16?,23-/m1/s1. The number of aliphatic carboxylic acids is 1. The van der Waals surface area contributed by atoms with Crippen LogP contribution >= 0.6 is 0 Å². The lowest BCUT2D eigenvalue weighted by Crippen LogP contribution is -2.07. The normalized spacial score (nSPS) is 18.5. The molecule has 1 aliphatic carbocycles. The third-order valence-corrected chi connectivity index (χ3v) is 6.26. The number of ether oxygens (including phenoxy) is 2. The topological polar surface area (TPSA) is 55.8 Å². The van der Waals surface area contributed by atoms with E-state index >= 15 is 0 Å². The number of rotatable bonds is 6. The molecular weight excluding hydrogens is 433 g/mol. The van der Waals surface area contributed by atoms with Gasteiger partial charge in [0.2, 0.25) is 0 Å². The molecule has 1 aliphatic heterocycles. The van der Waals surface area contributed by atoms with Crippen LogP contribution in [0, 0.1) is 17.5 Å². The third kappa shape index (κ3) is 4.27. The number of carbonyl (C=O) groups is 1. The molecule has 1 heterocycles. The molecule has 3 aromatic rings. The molecule has 1 N–H and O–H groups in total. The van der Waals surface area contributed by atoms with Gasteiger partial charge in [0.15, 0.2) is 0 Å². The van der Waals surface area contributed by atoms with Crippen LogP contribution in [0.5, 0.6) is 11.5 Å². The van der Waals surface area contributed by atoms with E-state index in [1.807, 2.05) is 0 Å². The Balaban J connectivity index is 1.38. The van der Waals surface area contributed by atoms with Crippen LogP contribution in [0.25, 0.3) is 0 Å². The van der Waals surface area contributed by atoms with E-state index in [2.05, 4.69) is 0 Å². The molecule has 0 amide bonds. The fraction of sp³-hybridized carbons (Fsp3) is 0.269. The van der Waals surface area contributed by atoms with Gasteiger partial charge in [-0.3, -0.25) is 4.79 Å². The lowest BCUT2D eigenvalue weighted by Gasteiger charge is -2.17. The van der Waals surface area contributed by atoms with Crippen molar-refractivity contribution in [2.45, 2.75) is 37.7 Å². The number of halogens is 3. The van der Waals surface area contributed by atoms with Crippen molar-refractivity contribution in [3.63, 3.8) is 0 Å². The predicted octanol–water partition coefficient (Wildman–Crippen LogP) is 5.71. The first-order valence-corrected chi connectivity index (χ1v) is 10.8. The van der Waals surface area contributed by atoms with E-state index in [1.54, 1.807) is 24.3 Å². The minimum absolute atomic E-state index is 0.00753. The Hall–Kier alpha value is -3.48. The lowest BCUT2D eigenvalue weighted by atomic mass is 9.96. The van der Waals surface area contributed by atoms with Crippen molar-refractivity contribution in [2.75, 3.05) is 6.61 Å². The predicted molar refractivity (Wildman–Crippen MR) is 114 cm³/mol. The maximum atomic E-state index is 14.8. The average Bonchev–Trinajstić information content (AvgIpc) is 3.34. The van der Waals surface area contributed by atoms with Crippen LogP contribution in [0.2, 0.25) is 0 Å². The molecule has 7 heteroatoms. The van der Waals surface area contributed by atoms with Gasteiger partial charge in [0.1, 0.15) is 35.1 Å². The van der Waals surface area contributed by atoms with Crippen LogP contribution in [0.3, 0.4) is 0 Å². The molecule has 4 nitrogen and oxygen atoms in total. The molecule has 1 unspecified atom stereocenters. The zero-order chi connectivity index (χ0) is 23.1. The molecule has 3 aromatic carbocycles. The van der Waals surface area contributed by atoms with Crippen molar-refractivity contribution in [1.29, 1.82) is 0 Å². The fourth-order valence-electron chi connectivity index (χ4n) is 4.84. The van der Waals surface area contributed by atoms with Crippen LogP contribution in [0.15, 0.2) is 48.5 Å². The van der Waals surface area contributed by atoms with E-state index in [1.165, 1.54) is 18.2 Å². The average molecular weight is 454 g/mol. The molecule has 0 saturated heterocycles. The Morgan fingerprint density at radius 3 is 2.61 bits per heavy atom. The first kappa shape index (κ1) is 21.4. The van der Waals surface area contributed by atoms with Gasteiger partial charge in [-0.05, 0) is 60.2 Å². The van der Waals surface area contributed by atoms with Gasteiger partial charge in [-0.25, -0.2) is 13.2 Å². The fourth-order valence-corrected chi connectivity index (χ4v) is 4.84. The van der Waals surface area contributed by atoms with Gasteiger partial charge in [-0.1, -0.05) is 12.1 Å². The molecule has 2 aliphatic rings. The largest absolute Gasteiger partial charge is 0.492 e. The first-order valence-electron chi connectivity index (χ1n) is 10.8. The van der Waals surface area contributed by atoms with Crippen LogP contribution in [-0.2, 0) is 17.6 Å². The summed E-state index contributed by atoms with van der Waals surface area (Å²) in [7, 11) is 0. The highest BCUT2D eigenvalue weighted by Crippen LogP contribution is 2.42. The molecule has 5 rings (SSSR count). The van der Waals surface area contributed by atoms with Gasteiger partial charge in [0, 0.05) is 29.2 Å². The summed E-state index contributed by atoms with van der Waals surface area (Å²) in [4.78, 5) is 11.0. The van der Waals surface area contributed by atoms with Crippen molar-refractivity contribution in [3.05, 3.63) is 93.8 Å². The van der Waals surface area contributed by atoms with Crippen LogP contribution < -0.4 is 9.47 Å². The van der Waals surface area contributed by atoms with Crippen LogP contribution in [0.4, 0.5) is 13.2 Å². The Morgan fingerprint density at radius 1 is 1.06 bits per heavy atom. The van der Waals surface area contributed by atoms with Crippen molar-refractivity contribution in [2.24, 2.45) is 0 Å². The van der Waals surface area contributed by atoms with Gasteiger partial charge in [0.05, 0.1) is 13.0 Å². The Kier molecular flexibility index (Phi) is 5.48. The summed E-state index contributed by atoms with van der Waals surface area (Å²) in [6.07, 6.45) is 0.944. The molecule has 0 spiro atoms. The van der Waals surface area contributed by atoms with Crippen molar-refractivity contribution >= 4 is 5.97 Å². The monoisotopic (exact) mass is 454 g/mol. The highest BCUT2D eigenvalue weighted by Gasteiger charge is 2.31. The second-order valence-electron chi connectivity index (χ2n) is 8.50. The summed E-state index contributed by atoms with van der Waals surface area (Å²) in [5.41, 5.74) is 3.40. The van der Waals surface area contributed by atoms with Gasteiger partial charge in [0.25, 0.3) is 0 Å². The summed E-state index contributed by atoms with van der Waals surface area (Å²) in [6.45, 7) is 0.302. The summed E-state index contributed by atoms with van der Waals surface area (Å²) in [6, 6.07) is 11.7. The second kappa shape index (κ2) is 8.46. The number of benzene rings is 3. The maximum absolute atomic E-state index is 14.8. The smallest absolute Gasteiger partial charge is 0.304 e. The van der Waals surface area contributed by atoms with E-state index in [0.717, 1.165) is 22.8 Å². The molecule has 0 saturated carbocycles. The van der Waals surface area contributed by atoms with Gasteiger partial charge in [-0.2, -0.15) is 0 Å². The first-order chi connectivity index (χ1) is 15.9. The van der Waals surface area contributed by atoms with Gasteiger partial charge < -0.3 is 14.6 Å². The number of carboxylic acids is 1. The van der Waals surface area contributed by atoms with Crippen molar-refractivity contribution in [1.82, 2.24) is 0 Å². The minimum atomic E-state index is -0.883. The zero-order valence-corrected chi connectivity index (χ0v) is 17.6. The Bertz CT molecular complexity index is 1220. The molecule has 0 radical (unpaired) electrons. The van der Waals surface area contributed by atoms with E-state index in [4.69, 9.17) is 14.6 Å². The van der Waals surface area contributed by atoms with E-state index in [9.17, 15) is 18.0 Å². The van der Waals surface area contributed by atoms with Crippen LogP contribution in [-0.4, -0.2) is 17.7 Å². The molecule has 33 heavy (non-hydrogen) atoms. The SMILES string of the molecule is O=C(O)CC1COc2cc(O[C@@H]3CCc4c(Cc5cc(F)cc(F)c5)ccc(F)c43)ccc21. The third-order valence-electron chi connectivity index (χ3n) is 6.26. The number of hydrogen-bond acceptors (Lipinski definition) is 3. The summed E-state index contributed by atoms with van der Waals surface area (Å²) in [5.74, 6) is -1.65. The molecular formula is C26H21F3O4. The molecule has 170 valence electrons. The van der Waals surface area contributed by atoms with E-state index in [0.29, 0.717) is 48.5 Å². The van der Waals surface area contributed by atoms with E-state index in [-0.39, 0.29) is 18.2 Å². The summed E-state index contributed by atoms with van der Waals surface area (Å²) in [5, 5.41) is 9.05. The summed E-state index contributed by atoms with van der Waals surface area (Å²) >= 11 is 0. The second-order valence-corrected chi connectivity index (χ2v) is 8.50. The van der Waals surface area contributed by atoms with Gasteiger partial charge >= 0.3 is 5.97 Å². The zero-order valence-electron chi connectivity index (χ0n) is 17.6. The number of fused-ring (bicyclic) bond motifs is 2. The Morgan fingerprint density at radius 2 is 1.85 bits per heavy atom. The summed E-state index contributed by atoms with van der Waals surface area (Å²) < 4.78 is 53.7. The minimum Gasteiger partial charge on any atom is -0.492 e. The van der Waals surface area contributed by atoms with Crippen LogP contribution in [0.1, 0.15) is 52.7 Å². The van der Waals surface area contributed by atoms with Crippen molar-refractivity contribution < 1.29 is 32.5 Å². The molecule has 0 fully saturated rings. The molecule has 0 aromatic heterocycles. The number of hydrogen-bond donors (Lipinski definition) is 1. The highest BCUT2D eigenvalue weighted by atomic mass is 19.1. The molecule has 2 atom stereocenters. The quantitative estimate of drug-likeness (QED) is 0.518. The highest BCUT2D eigenvalue weighted by molar-refractivity contribution is 5.68. The van der Waals surface area contributed by atoms with Crippen molar-refractivity contribution in [3.8, 4) is 11.5 Å². The number of carboxylic acid groups (broad SMARTS) is 1. The lowest BCUT2D eigenvalue weighted by molar-refractivity contribution is -0.137.